The van der Waals surface area contributed by atoms with Gasteiger partial charge in [0, 0.05) is 10.4 Å². The minimum Gasteiger partial charge on any atom is -0.466 e. The molecule has 0 saturated heterocycles. The van der Waals surface area contributed by atoms with E-state index in [9.17, 15) is 0 Å². The molecule has 2 aromatic heterocycles. The fourth-order valence-electron chi connectivity index (χ4n) is 2.19. The SMILES string of the molecule is Cc1oc(C)c(C(N)c2cc(Br)sc2C)c1C. The van der Waals surface area contributed by atoms with Gasteiger partial charge in [0.05, 0.1) is 9.83 Å². The molecule has 0 aliphatic rings. The van der Waals surface area contributed by atoms with Crippen LogP contribution in [0.15, 0.2) is 14.3 Å². The van der Waals surface area contributed by atoms with Crippen LogP contribution in [0.4, 0.5) is 0 Å². The smallest absolute Gasteiger partial charge is 0.106 e. The molecule has 0 fully saturated rings. The molecule has 92 valence electrons. The number of rotatable bonds is 2. The van der Waals surface area contributed by atoms with Gasteiger partial charge >= 0.3 is 0 Å². The summed E-state index contributed by atoms with van der Waals surface area (Å²) in [5.74, 6) is 1.88. The third-order valence-corrected chi connectivity index (χ3v) is 4.76. The van der Waals surface area contributed by atoms with Gasteiger partial charge in [0.1, 0.15) is 11.5 Å². The first-order valence-electron chi connectivity index (χ1n) is 5.49. The van der Waals surface area contributed by atoms with E-state index in [1.54, 1.807) is 11.3 Å². The van der Waals surface area contributed by atoms with Crippen LogP contribution in [-0.4, -0.2) is 0 Å². The molecule has 1 atom stereocenters. The van der Waals surface area contributed by atoms with Crippen molar-refractivity contribution in [3.8, 4) is 0 Å². The molecular formula is C13H16BrNOS. The number of aryl methyl sites for hydroxylation is 3. The van der Waals surface area contributed by atoms with Crippen molar-refractivity contribution in [2.24, 2.45) is 5.73 Å². The average Bonchev–Trinajstić information content (AvgIpc) is 2.68. The first kappa shape index (κ1) is 12.9. The van der Waals surface area contributed by atoms with Crippen molar-refractivity contribution in [2.45, 2.75) is 33.7 Å². The van der Waals surface area contributed by atoms with Crippen LogP contribution in [0.2, 0.25) is 0 Å². The van der Waals surface area contributed by atoms with Crippen molar-refractivity contribution in [1.82, 2.24) is 0 Å². The molecule has 0 aliphatic heterocycles. The van der Waals surface area contributed by atoms with Crippen molar-refractivity contribution in [2.75, 3.05) is 0 Å². The van der Waals surface area contributed by atoms with E-state index in [4.69, 9.17) is 10.2 Å². The summed E-state index contributed by atoms with van der Waals surface area (Å²) in [5, 5.41) is 0. The van der Waals surface area contributed by atoms with Gasteiger partial charge in [0.25, 0.3) is 0 Å². The maximum Gasteiger partial charge on any atom is 0.106 e. The van der Waals surface area contributed by atoms with E-state index in [1.807, 2.05) is 13.8 Å². The number of halogens is 1. The molecule has 2 nitrogen and oxygen atoms in total. The molecule has 0 aliphatic carbocycles. The van der Waals surface area contributed by atoms with Crippen LogP contribution in [0, 0.1) is 27.7 Å². The standard InChI is InChI=1S/C13H16BrNOS/c1-6-7(2)16-8(3)12(6)13(15)10-5-11(14)17-9(10)4/h5,13H,15H2,1-4H3. The van der Waals surface area contributed by atoms with Crippen molar-refractivity contribution in [3.63, 3.8) is 0 Å². The van der Waals surface area contributed by atoms with Crippen LogP contribution in [0.25, 0.3) is 0 Å². The van der Waals surface area contributed by atoms with E-state index in [0.717, 1.165) is 26.4 Å². The van der Waals surface area contributed by atoms with Gasteiger partial charge < -0.3 is 10.2 Å². The van der Waals surface area contributed by atoms with Gasteiger partial charge in [0.15, 0.2) is 0 Å². The summed E-state index contributed by atoms with van der Waals surface area (Å²) in [6.45, 7) is 8.13. The lowest BCUT2D eigenvalue weighted by atomic mass is 9.97. The highest BCUT2D eigenvalue weighted by atomic mass is 79.9. The van der Waals surface area contributed by atoms with E-state index in [-0.39, 0.29) is 6.04 Å². The number of hydrogen-bond donors (Lipinski definition) is 1. The van der Waals surface area contributed by atoms with Gasteiger partial charge in [-0.2, -0.15) is 0 Å². The second kappa shape index (κ2) is 4.59. The molecule has 0 radical (unpaired) electrons. The predicted octanol–water partition coefficient (Wildman–Crippen LogP) is 4.39. The molecule has 2 N–H and O–H groups in total. The highest BCUT2D eigenvalue weighted by molar-refractivity contribution is 9.11. The van der Waals surface area contributed by atoms with Crippen LogP contribution in [-0.2, 0) is 0 Å². The molecule has 1 unspecified atom stereocenters. The Kier molecular flexibility index (Phi) is 3.48. The normalized spacial score (nSPS) is 13.1. The molecule has 0 amide bonds. The Hall–Kier alpha value is -0.580. The number of thiophene rings is 1. The Morgan fingerprint density at radius 1 is 1.24 bits per heavy atom. The number of hydrogen-bond acceptors (Lipinski definition) is 3. The Bertz CT molecular complexity index is 556. The van der Waals surface area contributed by atoms with Crippen LogP contribution in [0.5, 0.6) is 0 Å². The highest BCUT2D eigenvalue weighted by Gasteiger charge is 2.21. The van der Waals surface area contributed by atoms with Gasteiger partial charge in [-0.3, -0.25) is 0 Å². The zero-order valence-corrected chi connectivity index (χ0v) is 12.8. The molecule has 2 rings (SSSR count). The van der Waals surface area contributed by atoms with Crippen LogP contribution in [0.1, 0.15) is 39.1 Å². The van der Waals surface area contributed by atoms with E-state index in [0.29, 0.717) is 0 Å². The Morgan fingerprint density at radius 2 is 1.88 bits per heavy atom. The van der Waals surface area contributed by atoms with E-state index in [2.05, 4.69) is 35.8 Å². The Balaban J connectivity index is 2.50. The Morgan fingerprint density at radius 3 is 2.29 bits per heavy atom. The van der Waals surface area contributed by atoms with Crippen LogP contribution in [0.3, 0.4) is 0 Å². The van der Waals surface area contributed by atoms with Gasteiger partial charge in [-0.05, 0) is 60.8 Å². The first-order chi connectivity index (χ1) is 7.91. The lowest BCUT2D eigenvalue weighted by Crippen LogP contribution is -2.13. The maximum atomic E-state index is 6.37. The molecule has 2 aromatic rings. The lowest BCUT2D eigenvalue weighted by Gasteiger charge is -2.12. The monoisotopic (exact) mass is 313 g/mol. The molecule has 4 heteroatoms. The van der Waals surface area contributed by atoms with Gasteiger partial charge in [-0.1, -0.05) is 0 Å². The summed E-state index contributed by atoms with van der Waals surface area (Å²) in [6, 6.07) is 2.00. The number of nitrogens with two attached hydrogens (primary N) is 1. The minimum absolute atomic E-state index is 0.102. The fourth-order valence-corrected chi connectivity index (χ4v) is 3.95. The molecule has 0 spiro atoms. The van der Waals surface area contributed by atoms with Gasteiger partial charge in [-0.15, -0.1) is 11.3 Å². The molecule has 0 saturated carbocycles. The maximum absolute atomic E-state index is 6.37. The largest absolute Gasteiger partial charge is 0.466 e. The van der Waals surface area contributed by atoms with Crippen molar-refractivity contribution in [1.29, 1.82) is 0 Å². The second-order valence-corrected chi connectivity index (χ2v) is 6.93. The summed E-state index contributed by atoms with van der Waals surface area (Å²) in [4.78, 5) is 1.25. The third kappa shape index (κ3) is 2.21. The minimum atomic E-state index is -0.102. The number of furan rings is 1. The molecular weight excluding hydrogens is 298 g/mol. The van der Waals surface area contributed by atoms with Crippen molar-refractivity contribution in [3.05, 3.63) is 42.9 Å². The quantitative estimate of drug-likeness (QED) is 0.893. The summed E-state index contributed by atoms with van der Waals surface area (Å²) < 4.78 is 6.77. The van der Waals surface area contributed by atoms with Crippen LogP contribution < -0.4 is 5.73 Å². The lowest BCUT2D eigenvalue weighted by molar-refractivity contribution is 0.498. The van der Waals surface area contributed by atoms with Crippen LogP contribution >= 0.6 is 27.3 Å². The summed E-state index contributed by atoms with van der Waals surface area (Å²) >= 11 is 5.22. The summed E-state index contributed by atoms with van der Waals surface area (Å²) in [6.07, 6.45) is 0. The average molecular weight is 314 g/mol. The zero-order valence-electron chi connectivity index (χ0n) is 10.4. The fraction of sp³-hybridized carbons (Fsp3) is 0.385. The Labute approximate surface area is 114 Å². The predicted molar refractivity (Wildman–Crippen MR) is 75.7 cm³/mol. The van der Waals surface area contributed by atoms with Gasteiger partial charge in [0.2, 0.25) is 0 Å². The van der Waals surface area contributed by atoms with Gasteiger partial charge in [-0.25, -0.2) is 0 Å². The molecule has 0 bridgehead atoms. The third-order valence-electron chi connectivity index (χ3n) is 3.19. The van der Waals surface area contributed by atoms with Crippen molar-refractivity contribution >= 4 is 27.3 Å². The topological polar surface area (TPSA) is 39.2 Å². The summed E-state index contributed by atoms with van der Waals surface area (Å²) in [7, 11) is 0. The second-order valence-electron chi connectivity index (χ2n) is 4.29. The zero-order chi connectivity index (χ0) is 12.7. The van der Waals surface area contributed by atoms with E-state index >= 15 is 0 Å². The first-order valence-corrected chi connectivity index (χ1v) is 7.10. The van der Waals surface area contributed by atoms with E-state index < -0.39 is 0 Å². The summed E-state index contributed by atoms with van der Waals surface area (Å²) in [5.41, 5.74) is 9.83. The highest BCUT2D eigenvalue weighted by Crippen LogP contribution is 2.36. The van der Waals surface area contributed by atoms with Crippen molar-refractivity contribution < 1.29 is 4.42 Å². The van der Waals surface area contributed by atoms with E-state index in [1.165, 1.54) is 10.4 Å². The molecule has 17 heavy (non-hydrogen) atoms. The molecule has 0 aromatic carbocycles. The molecule has 2 heterocycles.